The number of aromatic nitrogens is 1. The van der Waals surface area contributed by atoms with Crippen LogP contribution in [0, 0.1) is 0 Å². The van der Waals surface area contributed by atoms with E-state index in [0.29, 0.717) is 31.2 Å². The quantitative estimate of drug-likeness (QED) is 0.763. The molecule has 1 fully saturated rings. The Bertz CT molecular complexity index is 730. The third-order valence-corrected chi connectivity index (χ3v) is 4.32. The summed E-state index contributed by atoms with van der Waals surface area (Å²) in [6.45, 7) is 3.92. The first-order chi connectivity index (χ1) is 12.7. The average molecular weight is 356 g/mol. The van der Waals surface area contributed by atoms with Crippen molar-refractivity contribution in [1.82, 2.24) is 9.88 Å². The summed E-state index contributed by atoms with van der Waals surface area (Å²) in [5.41, 5.74) is 1.98. The number of benzene rings is 1. The molecule has 3 rings (SSSR count). The molecule has 1 aromatic carbocycles. The number of hydrogen-bond donors (Lipinski definition) is 0. The molecule has 1 aromatic heterocycles. The third kappa shape index (κ3) is 4.73. The Morgan fingerprint density at radius 1 is 1.27 bits per heavy atom. The van der Waals surface area contributed by atoms with Crippen LogP contribution in [0.4, 0.5) is 0 Å². The first-order valence-corrected chi connectivity index (χ1v) is 8.71. The van der Waals surface area contributed by atoms with Crippen LogP contribution in [0.2, 0.25) is 0 Å². The van der Waals surface area contributed by atoms with E-state index in [2.05, 4.69) is 4.98 Å². The Morgan fingerprint density at radius 3 is 2.77 bits per heavy atom. The fourth-order valence-electron chi connectivity index (χ4n) is 2.90. The van der Waals surface area contributed by atoms with Crippen molar-refractivity contribution < 1.29 is 19.0 Å². The summed E-state index contributed by atoms with van der Waals surface area (Å²) in [6.07, 6.45) is 4.44. The Kier molecular flexibility index (Phi) is 6.07. The van der Waals surface area contributed by atoms with Gasteiger partial charge in [0, 0.05) is 38.8 Å². The lowest BCUT2D eigenvalue weighted by Gasteiger charge is -2.22. The highest BCUT2D eigenvalue weighted by atomic mass is 16.6. The lowest BCUT2D eigenvalue weighted by Crippen LogP contribution is -2.27. The largest absolute Gasteiger partial charge is 0.493 e. The van der Waals surface area contributed by atoms with Crippen LogP contribution in [0.1, 0.15) is 24.5 Å². The van der Waals surface area contributed by atoms with Crippen LogP contribution >= 0.6 is 0 Å². The molecule has 2 heterocycles. The molecule has 1 aliphatic rings. The summed E-state index contributed by atoms with van der Waals surface area (Å²) in [6, 6.07) is 9.62. The van der Waals surface area contributed by atoms with Crippen molar-refractivity contribution in [2.24, 2.45) is 0 Å². The molecule has 0 spiro atoms. The van der Waals surface area contributed by atoms with Gasteiger partial charge in [0.2, 0.25) is 5.91 Å². The molecule has 0 N–H and O–H groups in total. The number of pyridine rings is 1. The van der Waals surface area contributed by atoms with Crippen molar-refractivity contribution in [3.63, 3.8) is 0 Å². The summed E-state index contributed by atoms with van der Waals surface area (Å²) in [4.78, 5) is 17.9. The molecule has 0 unspecified atom stereocenters. The molecule has 26 heavy (non-hydrogen) atoms. The molecule has 6 heteroatoms. The first kappa shape index (κ1) is 18.2. The van der Waals surface area contributed by atoms with Crippen molar-refractivity contribution in [2.45, 2.75) is 32.5 Å². The van der Waals surface area contributed by atoms with E-state index in [1.807, 2.05) is 30.3 Å². The first-order valence-electron chi connectivity index (χ1n) is 8.71. The number of amides is 1. The summed E-state index contributed by atoms with van der Waals surface area (Å²) >= 11 is 0. The Hall–Kier alpha value is -2.60. The van der Waals surface area contributed by atoms with Crippen molar-refractivity contribution in [2.75, 3.05) is 20.3 Å². The van der Waals surface area contributed by atoms with E-state index in [1.54, 1.807) is 31.3 Å². The molecule has 1 saturated heterocycles. The van der Waals surface area contributed by atoms with Crippen LogP contribution in [-0.2, 0) is 22.6 Å². The third-order valence-electron chi connectivity index (χ3n) is 4.32. The lowest BCUT2D eigenvalue weighted by molar-refractivity contribution is -0.130. The van der Waals surface area contributed by atoms with Gasteiger partial charge in [0.15, 0.2) is 11.5 Å². The summed E-state index contributed by atoms with van der Waals surface area (Å²) in [5, 5.41) is 0. The van der Waals surface area contributed by atoms with Gasteiger partial charge in [-0.2, -0.15) is 0 Å². The molecule has 0 radical (unpaired) electrons. The Morgan fingerprint density at radius 2 is 2.12 bits per heavy atom. The van der Waals surface area contributed by atoms with Crippen molar-refractivity contribution >= 4 is 5.91 Å². The van der Waals surface area contributed by atoms with Crippen molar-refractivity contribution in [3.05, 3.63) is 53.9 Å². The van der Waals surface area contributed by atoms with E-state index in [9.17, 15) is 4.79 Å². The van der Waals surface area contributed by atoms with E-state index in [0.717, 1.165) is 24.2 Å². The molecule has 1 amide bonds. The summed E-state index contributed by atoms with van der Waals surface area (Å²) in [7, 11) is 1.62. The van der Waals surface area contributed by atoms with E-state index in [4.69, 9.17) is 14.2 Å². The van der Waals surface area contributed by atoms with Gasteiger partial charge in [0.05, 0.1) is 20.3 Å². The normalized spacial score (nSPS) is 16.3. The lowest BCUT2D eigenvalue weighted by atomic mass is 10.1. The van der Waals surface area contributed by atoms with Crippen LogP contribution in [0.5, 0.6) is 11.5 Å². The summed E-state index contributed by atoms with van der Waals surface area (Å²) < 4.78 is 16.8. The maximum absolute atomic E-state index is 12.0. The van der Waals surface area contributed by atoms with Gasteiger partial charge in [-0.1, -0.05) is 12.1 Å². The van der Waals surface area contributed by atoms with Gasteiger partial charge >= 0.3 is 0 Å². The topological polar surface area (TPSA) is 60.9 Å². The number of methoxy groups -OCH3 is 1. The predicted octanol–water partition coefficient (Wildman–Crippen LogP) is 2.81. The van der Waals surface area contributed by atoms with Crippen molar-refractivity contribution in [1.29, 1.82) is 0 Å². The minimum absolute atomic E-state index is 0.0104. The molecule has 6 nitrogen and oxygen atoms in total. The van der Waals surface area contributed by atoms with Crippen LogP contribution in [0.25, 0.3) is 0 Å². The van der Waals surface area contributed by atoms with Gasteiger partial charge < -0.3 is 19.1 Å². The van der Waals surface area contributed by atoms with E-state index in [1.165, 1.54) is 0 Å². The van der Waals surface area contributed by atoms with Gasteiger partial charge in [-0.15, -0.1) is 0 Å². The molecule has 0 bridgehead atoms. The molecular formula is C20H24N2O4. The molecule has 0 aliphatic carbocycles. The second kappa shape index (κ2) is 8.67. The van der Waals surface area contributed by atoms with E-state index >= 15 is 0 Å². The molecule has 0 saturated carbocycles. The Labute approximate surface area is 153 Å². The highest BCUT2D eigenvalue weighted by Crippen LogP contribution is 2.30. The van der Waals surface area contributed by atoms with Crippen LogP contribution in [0.15, 0.2) is 42.7 Å². The van der Waals surface area contributed by atoms with E-state index < -0.39 is 0 Å². The highest BCUT2D eigenvalue weighted by Gasteiger charge is 2.19. The molecular weight excluding hydrogens is 332 g/mol. The van der Waals surface area contributed by atoms with Gasteiger partial charge in [0.25, 0.3) is 0 Å². The number of carbonyl (C=O) groups is 1. The Balaban J connectivity index is 1.71. The number of ether oxygens (including phenoxy) is 3. The van der Waals surface area contributed by atoms with Crippen LogP contribution in [0.3, 0.4) is 0 Å². The van der Waals surface area contributed by atoms with Gasteiger partial charge in [0.1, 0.15) is 6.10 Å². The van der Waals surface area contributed by atoms with Gasteiger partial charge in [-0.3, -0.25) is 9.78 Å². The second-order valence-corrected chi connectivity index (χ2v) is 6.33. The average Bonchev–Trinajstić information content (AvgIpc) is 3.16. The van der Waals surface area contributed by atoms with Gasteiger partial charge in [-0.05, 0) is 29.3 Å². The minimum Gasteiger partial charge on any atom is -0.493 e. The molecule has 1 aliphatic heterocycles. The maximum Gasteiger partial charge on any atom is 0.220 e. The second-order valence-electron chi connectivity index (χ2n) is 6.33. The zero-order valence-electron chi connectivity index (χ0n) is 15.2. The van der Waals surface area contributed by atoms with Crippen LogP contribution < -0.4 is 9.47 Å². The number of nitrogens with zero attached hydrogens (tertiary/aromatic N) is 2. The van der Waals surface area contributed by atoms with Gasteiger partial charge in [-0.25, -0.2) is 0 Å². The molecule has 2 aromatic rings. The number of carbonyl (C=O) groups excluding carboxylic acids is 1. The van der Waals surface area contributed by atoms with E-state index in [-0.39, 0.29) is 12.0 Å². The monoisotopic (exact) mass is 356 g/mol. The predicted molar refractivity (Wildman–Crippen MR) is 97.0 cm³/mol. The smallest absolute Gasteiger partial charge is 0.220 e. The molecule has 1 atom stereocenters. The highest BCUT2D eigenvalue weighted by molar-refractivity contribution is 5.73. The number of rotatable bonds is 7. The summed E-state index contributed by atoms with van der Waals surface area (Å²) in [5.74, 6) is 1.38. The SMILES string of the molecule is COc1cc(CN(Cc2cccnc2)C(C)=O)ccc1O[C@@H]1CCOC1. The van der Waals surface area contributed by atoms with Crippen LogP contribution in [-0.4, -0.2) is 42.2 Å². The fraction of sp³-hybridized carbons (Fsp3) is 0.400. The standard InChI is InChI=1S/C20H24N2O4/c1-15(23)22(13-17-4-3-8-21-11-17)12-16-5-6-19(20(10-16)24-2)26-18-7-9-25-14-18/h3-6,8,10-11,18H,7,9,12-14H2,1-2H3/t18-/m1/s1. The van der Waals surface area contributed by atoms with Crippen molar-refractivity contribution in [3.8, 4) is 11.5 Å². The maximum atomic E-state index is 12.0. The number of hydrogen-bond acceptors (Lipinski definition) is 5. The zero-order chi connectivity index (χ0) is 18.4. The molecule has 138 valence electrons. The zero-order valence-corrected chi connectivity index (χ0v) is 15.2. The minimum atomic E-state index is 0.0104. The fourth-order valence-corrected chi connectivity index (χ4v) is 2.90.